The molecule has 2 atom stereocenters. The lowest BCUT2D eigenvalue weighted by Crippen LogP contribution is -2.56. The number of piperazine rings is 1. The van der Waals surface area contributed by atoms with Crippen molar-refractivity contribution < 1.29 is 28.2 Å². The van der Waals surface area contributed by atoms with E-state index >= 15 is 4.39 Å². The molecule has 0 bridgehead atoms. The van der Waals surface area contributed by atoms with Gasteiger partial charge in [0.05, 0.1) is 37.1 Å². The highest BCUT2D eigenvalue weighted by atomic mass is 19.1. The first kappa shape index (κ1) is 32.0. The van der Waals surface area contributed by atoms with Gasteiger partial charge >= 0.3 is 0 Å². The number of anilines is 3. The quantitative estimate of drug-likeness (QED) is 0.383. The largest absolute Gasteiger partial charge is 0.486 e. The van der Waals surface area contributed by atoms with Crippen LogP contribution in [-0.2, 0) is 9.53 Å². The molecular formula is C31H36F2N8O4. The first-order valence-corrected chi connectivity index (χ1v) is 14.5. The van der Waals surface area contributed by atoms with Gasteiger partial charge in [0.1, 0.15) is 36.7 Å². The molecule has 3 fully saturated rings. The molecule has 0 spiro atoms. The van der Waals surface area contributed by atoms with Gasteiger partial charge in [0.25, 0.3) is 0 Å². The van der Waals surface area contributed by atoms with Crippen molar-refractivity contribution >= 4 is 23.2 Å². The Morgan fingerprint density at radius 2 is 1.93 bits per heavy atom. The van der Waals surface area contributed by atoms with E-state index in [0.717, 1.165) is 39.4 Å². The number of alkyl halides is 1. The van der Waals surface area contributed by atoms with Crippen LogP contribution in [0.25, 0.3) is 11.4 Å². The molecule has 14 heteroatoms. The number of nitrogens with one attached hydrogen (secondary N) is 1. The first-order chi connectivity index (χ1) is 21.4. The summed E-state index contributed by atoms with van der Waals surface area (Å²) < 4.78 is 41.0. The second-order valence-electron chi connectivity index (χ2n) is 10.9. The summed E-state index contributed by atoms with van der Waals surface area (Å²) >= 11 is 0. The molecule has 3 aliphatic rings. The van der Waals surface area contributed by atoms with Crippen molar-refractivity contribution in [2.45, 2.75) is 32.2 Å². The maximum Gasteiger partial charge on any atom is 0.248 e. The van der Waals surface area contributed by atoms with Gasteiger partial charge < -0.3 is 29.7 Å². The van der Waals surface area contributed by atoms with Crippen LogP contribution >= 0.6 is 0 Å². The van der Waals surface area contributed by atoms with Crippen LogP contribution in [0.5, 0.6) is 5.75 Å². The van der Waals surface area contributed by atoms with Crippen molar-refractivity contribution in [1.82, 2.24) is 24.8 Å². The topological polar surface area (TPSA) is 140 Å². The van der Waals surface area contributed by atoms with Crippen LogP contribution in [0.1, 0.15) is 19.4 Å². The van der Waals surface area contributed by atoms with Gasteiger partial charge in [0.2, 0.25) is 11.9 Å². The summed E-state index contributed by atoms with van der Waals surface area (Å²) in [6, 6.07) is 12.2. The Labute approximate surface area is 260 Å². The summed E-state index contributed by atoms with van der Waals surface area (Å²) in [6.45, 7) is 4.13. The van der Waals surface area contributed by atoms with Gasteiger partial charge in [-0.05, 0) is 36.4 Å². The average molecular weight is 623 g/mol. The lowest BCUT2D eigenvalue weighted by atomic mass is 10.0. The summed E-state index contributed by atoms with van der Waals surface area (Å²) in [6.07, 6.45) is -0.786. The summed E-state index contributed by atoms with van der Waals surface area (Å²) in [5.74, 6) is -0.211. The Balaban J connectivity index is 0.00000400. The summed E-state index contributed by atoms with van der Waals surface area (Å²) in [5, 5.41) is 21.8. The normalized spacial score (nSPS) is 20.5. The fraction of sp³-hybridized carbons (Fsp3) is 0.452. The number of aliphatic hydroxyl groups is 1. The van der Waals surface area contributed by atoms with Crippen LogP contribution in [0, 0.1) is 17.1 Å². The molecule has 6 rings (SSSR count). The number of likely N-dealkylation sites (tertiary alicyclic amines) is 1. The smallest absolute Gasteiger partial charge is 0.248 e. The Kier molecular flexibility index (Phi) is 10.0. The van der Waals surface area contributed by atoms with E-state index in [1.807, 2.05) is 4.90 Å². The Morgan fingerprint density at radius 1 is 1.13 bits per heavy atom. The lowest BCUT2D eigenvalue weighted by molar-refractivity contribution is -0.138. The third-order valence-corrected chi connectivity index (χ3v) is 8.17. The molecular weight excluding hydrogens is 586 g/mol. The molecule has 4 heterocycles. The zero-order valence-corrected chi connectivity index (χ0v) is 23.9. The van der Waals surface area contributed by atoms with Crippen LogP contribution in [-0.4, -0.2) is 113 Å². The van der Waals surface area contributed by atoms with E-state index in [4.69, 9.17) is 14.6 Å². The van der Waals surface area contributed by atoms with Crippen molar-refractivity contribution in [3.63, 3.8) is 0 Å². The van der Waals surface area contributed by atoms with E-state index in [-0.39, 0.29) is 55.8 Å². The maximum atomic E-state index is 15.1. The van der Waals surface area contributed by atoms with Crippen LogP contribution in [0.15, 0.2) is 42.7 Å². The van der Waals surface area contributed by atoms with Crippen molar-refractivity contribution in [3.05, 3.63) is 54.1 Å². The fourth-order valence-electron chi connectivity index (χ4n) is 5.59. The monoisotopic (exact) mass is 622 g/mol. The summed E-state index contributed by atoms with van der Waals surface area (Å²) in [4.78, 5) is 30.2. The minimum Gasteiger partial charge on any atom is -0.486 e. The Bertz CT molecular complexity index is 1540. The molecule has 0 aliphatic carbocycles. The zero-order valence-electron chi connectivity index (χ0n) is 23.9. The van der Waals surface area contributed by atoms with Gasteiger partial charge in [0.15, 0.2) is 12.0 Å². The number of rotatable bonds is 8. The van der Waals surface area contributed by atoms with Crippen molar-refractivity contribution in [2.75, 3.05) is 69.3 Å². The number of halogens is 2. The second kappa shape index (κ2) is 14.1. The predicted molar refractivity (Wildman–Crippen MR) is 162 cm³/mol. The molecule has 0 saturated carbocycles. The molecule has 45 heavy (non-hydrogen) atoms. The summed E-state index contributed by atoms with van der Waals surface area (Å²) in [7, 11) is 0. The highest BCUT2D eigenvalue weighted by molar-refractivity contribution is 5.77. The highest BCUT2D eigenvalue weighted by Crippen LogP contribution is 2.29. The molecule has 3 saturated heterocycles. The predicted octanol–water partition coefficient (Wildman–Crippen LogP) is 2.76. The molecule has 0 radical (unpaired) electrons. The number of hydrogen-bond acceptors (Lipinski definition) is 11. The van der Waals surface area contributed by atoms with Crippen molar-refractivity contribution in [1.29, 1.82) is 5.26 Å². The van der Waals surface area contributed by atoms with E-state index < -0.39 is 24.8 Å². The molecule has 3 aromatic rings. The minimum atomic E-state index is -1.47. The van der Waals surface area contributed by atoms with Crippen molar-refractivity contribution in [2.24, 2.45) is 0 Å². The molecule has 1 aromatic heterocycles. The number of nitrogens with zero attached hydrogens (tertiary/aromatic N) is 7. The molecule has 0 unspecified atom stereocenters. The van der Waals surface area contributed by atoms with Crippen molar-refractivity contribution in [3.8, 4) is 23.2 Å². The molecule has 2 N–H and O–H groups in total. The number of aromatic nitrogens is 3. The van der Waals surface area contributed by atoms with Crippen LogP contribution in [0.2, 0.25) is 0 Å². The molecule has 2 aromatic carbocycles. The maximum absolute atomic E-state index is 15.1. The van der Waals surface area contributed by atoms with Gasteiger partial charge in [-0.2, -0.15) is 10.2 Å². The van der Waals surface area contributed by atoms with Crippen LogP contribution in [0.3, 0.4) is 0 Å². The Morgan fingerprint density at radius 3 is 2.60 bits per heavy atom. The SMILES string of the molecule is C.N#Cc1cc(-c2ncnc(Nc3ccc(N4CCN(C5COC5)CC4)c(F)c3)n2)ccc1O[C@H]1CCN(C(=O)CO)C[C@H]1F. The number of hydrogen-bond donors (Lipinski definition) is 2. The number of piperidine rings is 1. The Hall–Kier alpha value is -4.45. The van der Waals surface area contributed by atoms with E-state index in [9.17, 15) is 14.4 Å². The van der Waals surface area contributed by atoms with E-state index in [1.54, 1.807) is 24.3 Å². The standard InChI is InChI=1S/C30H32F2N8O4.CH4/c31-23-12-21(2-3-25(23)39-9-7-38(8-10-39)22-16-43-17-22)36-30-35-18-34-29(37-30)19-1-4-26(20(11-19)13-33)44-27-5-6-40(14-24(27)32)28(42)15-41;/h1-4,11-12,18,22,24,27,41H,5-10,14-17H2,(H,34,35,36,37);1H4/t24-,27+;/m1./s1. The van der Waals surface area contributed by atoms with Crippen LogP contribution < -0.4 is 15.0 Å². The molecule has 3 aliphatic heterocycles. The third kappa shape index (κ3) is 7.11. The van der Waals surface area contributed by atoms with E-state index in [1.165, 1.54) is 23.4 Å². The van der Waals surface area contributed by atoms with Gasteiger partial charge in [-0.1, -0.05) is 7.43 Å². The fourth-order valence-corrected chi connectivity index (χ4v) is 5.59. The second-order valence-corrected chi connectivity index (χ2v) is 10.9. The number of carbonyl (C=O) groups is 1. The van der Waals surface area contributed by atoms with Gasteiger partial charge in [-0.3, -0.25) is 9.69 Å². The van der Waals surface area contributed by atoms with Gasteiger partial charge in [-0.25, -0.2) is 18.7 Å². The first-order valence-electron chi connectivity index (χ1n) is 14.5. The van der Waals surface area contributed by atoms with Gasteiger partial charge in [0, 0.05) is 50.4 Å². The minimum absolute atomic E-state index is 0. The highest BCUT2D eigenvalue weighted by Gasteiger charge is 2.33. The number of aliphatic hydroxyl groups excluding tert-OH is 1. The average Bonchev–Trinajstić information content (AvgIpc) is 3.01. The number of amides is 1. The van der Waals surface area contributed by atoms with E-state index in [0.29, 0.717) is 23.0 Å². The van der Waals surface area contributed by atoms with E-state index in [2.05, 4.69) is 31.2 Å². The number of nitriles is 1. The third-order valence-electron chi connectivity index (χ3n) is 8.17. The van der Waals surface area contributed by atoms with Crippen LogP contribution in [0.4, 0.5) is 26.1 Å². The number of ether oxygens (including phenoxy) is 2. The zero-order chi connectivity index (χ0) is 30.6. The van der Waals surface area contributed by atoms with Gasteiger partial charge in [-0.15, -0.1) is 0 Å². The molecule has 12 nitrogen and oxygen atoms in total. The lowest BCUT2D eigenvalue weighted by Gasteiger charge is -2.43. The summed E-state index contributed by atoms with van der Waals surface area (Å²) in [5.41, 5.74) is 1.69. The number of benzene rings is 2. The number of carbonyl (C=O) groups excluding carboxylic acids is 1. The molecule has 238 valence electrons. The molecule has 1 amide bonds.